The summed E-state index contributed by atoms with van der Waals surface area (Å²) in [5.74, 6) is 2.55. The zero-order valence-corrected chi connectivity index (χ0v) is 12.6. The van der Waals surface area contributed by atoms with Crippen molar-refractivity contribution in [3.63, 3.8) is 0 Å². The molecule has 6 heteroatoms. The van der Waals surface area contributed by atoms with E-state index in [4.69, 9.17) is 0 Å². The highest BCUT2D eigenvalue weighted by molar-refractivity contribution is 7.99. The molecule has 1 amide bonds. The van der Waals surface area contributed by atoms with Gasteiger partial charge in [0.15, 0.2) is 5.16 Å². The summed E-state index contributed by atoms with van der Waals surface area (Å²) in [5, 5.41) is 12.1. The summed E-state index contributed by atoms with van der Waals surface area (Å²) in [6.45, 7) is 0.910. The number of aromatic nitrogens is 3. The molecule has 3 rings (SSSR count). The lowest BCUT2D eigenvalue weighted by molar-refractivity contribution is -0.116. The first-order chi connectivity index (χ1) is 9.83. The monoisotopic (exact) mass is 294 g/mol. The molecule has 0 bridgehead atoms. The summed E-state index contributed by atoms with van der Waals surface area (Å²) < 4.78 is 2.02. The summed E-state index contributed by atoms with van der Waals surface area (Å²) in [6, 6.07) is 0. The first-order valence-corrected chi connectivity index (χ1v) is 8.67. The lowest BCUT2D eigenvalue weighted by Crippen LogP contribution is -2.18. The highest BCUT2D eigenvalue weighted by atomic mass is 32.2. The van der Waals surface area contributed by atoms with Gasteiger partial charge in [0.25, 0.3) is 0 Å². The molecule has 0 atom stereocenters. The van der Waals surface area contributed by atoms with Crippen molar-refractivity contribution < 1.29 is 4.79 Å². The van der Waals surface area contributed by atoms with Crippen LogP contribution in [-0.2, 0) is 11.3 Å². The van der Waals surface area contributed by atoms with E-state index in [-0.39, 0.29) is 5.91 Å². The van der Waals surface area contributed by atoms with E-state index in [1.165, 1.54) is 32.1 Å². The van der Waals surface area contributed by atoms with Crippen LogP contribution in [0.25, 0.3) is 0 Å². The summed E-state index contributed by atoms with van der Waals surface area (Å²) in [7, 11) is 0. The van der Waals surface area contributed by atoms with Crippen LogP contribution in [0.1, 0.15) is 51.4 Å². The van der Waals surface area contributed by atoms with Crippen LogP contribution in [0.2, 0.25) is 0 Å². The van der Waals surface area contributed by atoms with E-state index in [0.29, 0.717) is 12.4 Å². The summed E-state index contributed by atoms with van der Waals surface area (Å²) in [4.78, 5) is 12.0. The van der Waals surface area contributed by atoms with Crippen molar-refractivity contribution in [2.45, 2.75) is 63.1 Å². The van der Waals surface area contributed by atoms with Crippen LogP contribution in [0.15, 0.2) is 5.16 Å². The van der Waals surface area contributed by atoms with Crippen LogP contribution in [0.3, 0.4) is 0 Å². The third-order valence-electron chi connectivity index (χ3n) is 4.23. The van der Waals surface area contributed by atoms with Crippen LogP contribution in [0.4, 0.5) is 5.95 Å². The van der Waals surface area contributed by atoms with Crippen molar-refractivity contribution >= 4 is 23.6 Å². The van der Waals surface area contributed by atoms with E-state index >= 15 is 0 Å². The highest BCUT2D eigenvalue weighted by Crippen LogP contribution is 2.28. The zero-order chi connectivity index (χ0) is 13.8. The summed E-state index contributed by atoms with van der Waals surface area (Å²) >= 11 is 1.71. The number of nitrogens with zero attached hydrogens (tertiary/aromatic N) is 3. The predicted molar refractivity (Wildman–Crippen MR) is 79.8 cm³/mol. The fraction of sp³-hybridized carbons (Fsp3) is 0.786. The fourth-order valence-corrected chi connectivity index (χ4v) is 3.96. The molecule has 0 unspecified atom stereocenters. The van der Waals surface area contributed by atoms with Gasteiger partial charge in [0.1, 0.15) is 0 Å². The van der Waals surface area contributed by atoms with Gasteiger partial charge in [0, 0.05) is 18.7 Å². The van der Waals surface area contributed by atoms with Gasteiger partial charge in [-0.15, -0.1) is 10.2 Å². The quantitative estimate of drug-likeness (QED) is 0.927. The Morgan fingerprint density at radius 3 is 2.95 bits per heavy atom. The molecule has 20 heavy (non-hydrogen) atoms. The molecule has 1 saturated carbocycles. The van der Waals surface area contributed by atoms with Gasteiger partial charge in [-0.05, 0) is 18.8 Å². The Morgan fingerprint density at radius 2 is 2.10 bits per heavy atom. The highest BCUT2D eigenvalue weighted by Gasteiger charge is 2.19. The molecule has 1 aromatic rings. The van der Waals surface area contributed by atoms with Crippen LogP contribution in [0, 0.1) is 5.92 Å². The topological polar surface area (TPSA) is 59.8 Å². The number of amides is 1. The second-order valence-electron chi connectivity index (χ2n) is 5.75. The maximum atomic E-state index is 12.0. The molecule has 1 fully saturated rings. The molecule has 110 valence electrons. The van der Waals surface area contributed by atoms with Crippen molar-refractivity contribution in [1.82, 2.24) is 14.8 Å². The third kappa shape index (κ3) is 3.34. The molecule has 0 radical (unpaired) electrons. The number of carbonyl (C=O) groups excluding carboxylic acids is 1. The molecule has 1 aliphatic carbocycles. The molecular formula is C14H22N4OS. The Morgan fingerprint density at radius 1 is 1.25 bits per heavy atom. The normalized spacial score (nSPS) is 19.6. The van der Waals surface area contributed by atoms with E-state index < -0.39 is 0 Å². The van der Waals surface area contributed by atoms with E-state index in [1.54, 1.807) is 11.8 Å². The minimum absolute atomic E-state index is 0.0846. The molecule has 0 spiro atoms. The van der Waals surface area contributed by atoms with Crippen molar-refractivity contribution in [3.05, 3.63) is 0 Å². The molecule has 1 aromatic heterocycles. The Kier molecular flexibility index (Phi) is 4.60. The average molecular weight is 294 g/mol. The number of fused-ring (bicyclic) bond motifs is 1. The Hall–Kier alpha value is -1.04. The maximum absolute atomic E-state index is 12.0. The number of hydrogen-bond donors (Lipinski definition) is 1. The minimum Gasteiger partial charge on any atom is -0.295 e. The number of nitrogens with one attached hydrogen (secondary N) is 1. The molecule has 2 aliphatic rings. The van der Waals surface area contributed by atoms with Gasteiger partial charge in [0.2, 0.25) is 11.9 Å². The van der Waals surface area contributed by atoms with Gasteiger partial charge in [-0.3, -0.25) is 14.7 Å². The summed E-state index contributed by atoms with van der Waals surface area (Å²) in [6.07, 6.45) is 9.37. The Labute approximate surface area is 123 Å². The second kappa shape index (κ2) is 6.61. The van der Waals surface area contributed by atoms with Gasteiger partial charge >= 0.3 is 0 Å². The first kappa shape index (κ1) is 13.9. The van der Waals surface area contributed by atoms with Crippen molar-refractivity contribution in [2.75, 3.05) is 11.1 Å². The smallest absolute Gasteiger partial charge is 0.231 e. The molecule has 1 aliphatic heterocycles. The van der Waals surface area contributed by atoms with E-state index in [0.717, 1.165) is 36.2 Å². The Balaban J connectivity index is 1.49. The Bertz CT molecular complexity index is 468. The lowest BCUT2D eigenvalue weighted by Gasteiger charge is -2.21. The number of carbonyl (C=O) groups is 1. The SMILES string of the molecule is O=C(CCC1CCCCC1)Nc1nnc2n1CCCS2. The number of rotatable bonds is 4. The van der Waals surface area contributed by atoms with Gasteiger partial charge in [-0.25, -0.2) is 0 Å². The number of thioether (sulfide) groups is 1. The van der Waals surface area contributed by atoms with Crippen LogP contribution < -0.4 is 5.32 Å². The fourth-order valence-electron chi connectivity index (χ4n) is 3.07. The maximum Gasteiger partial charge on any atom is 0.231 e. The van der Waals surface area contributed by atoms with E-state index in [2.05, 4.69) is 15.5 Å². The van der Waals surface area contributed by atoms with Crippen LogP contribution >= 0.6 is 11.8 Å². The zero-order valence-electron chi connectivity index (χ0n) is 11.8. The van der Waals surface area contributed by atoms with Gasteiger partial charge in [0.05, 0.1) is 0 Å². The molecule has 0 aromatic carbocycles. The molecular weight excluding hydrogens is 272 g/mol. The molecule has 0 saturated heterocycles. The average Bonchev–Trinajstić information content (AvgIpc) is 2.90. The van der Waals surface area contributed by atoms with E-state index in [1.807, 2.05) is 4.57 Å². The van der Waals surface area contributed by atoms with Gasteiger partial charge in [-0.1, -0.05) is 43.9 Å². The minimum atomic E-state index is 0.0846. The first-order valence-electron chi connectivity index (χ1n) is 7.69. The van der Waals surface area contributed by atoms with Crippen molar-refractivity contribution in [2.24, 2.45) is 5.92 Å². The molecule has 5 nitrogen and oxygen atoms in total. The predicted octanol–water partition coefficient (Wildman–Crippen LogP) is 3.07. The molecule has 1 N–H and O–H groups in total. The van der Waals surface area contributed by atoms with Crippen molar-refractivity contribution in [1.29, 1.82) is 0 Å². The second-order valence-corrected chi connectivity index (χ2v) is 6.81. The lowest BCUT2D eigenvalue weighted by atomic mass is 9.86. The van der Waals surface area contributed by atoms with Gasteiger partial charge in [-0.2, -0.15) is 0 Å². The van der Waals surface area contributed by atoms with Crippen molar-refractivity contribution in [3.8, 4) is 0 Å². The number of hydrogen-bond acceptors (Lipinski definition) is 4. The molecule has 2 heterocycles. The largest absolute Gasteiger partial charge is 0.295 e. The standard InChI is InChI=1S/C14H22N4OS/c19-12(8-7-11-5-2-1-3-6-11)15-13-16-17-14-18(13)9-4-10-20-14/h11H,1-10H2,(H,15,16,19). The van der Waals surface area contributed by atoms with Gasteiger partial charge < -0.3 is 0 Å². The van der Waals surface area contributed by atoms with E-state index in [9.17, 15) is 4.79 Å². The van der Waals surface area contributed by atoms with Crippen LogP contribution in [-0.4, -0.2) is 26.4 Å². The summed E-state index contributed by atoms with van der Waals surface area (Å²) in [5.41, 5.74) is 0. The number of anilines is 1. The third-order valence-corrected chi connectivity index (χ3v) is 5.28. The van der Waals surface area contributed by atoms with Crippen LogP contribution in [0.5, 0.6) is 0 Å².